The lowest BCUT2D eigenvalue weighted by Crippen LogP contribution is -2.57. The lowest BCUT2D eigenvalue weighted by Gasteiger charge is -2.35. The molecule has 1 rings (SSSR count). The molecule has 0 saturated carbocycles. The third-order valence-corrected chi connectivity index (χ3v) is 4.86. The number of anilines is 1. The van der Waals surface area contributed by atoms with Gasteiger partial charge in [-0.05, 0) is 36.0 Å². The highest BCUT2D eigenvalue weighted by Crippen LogP contribution is 2.26. The van der Waals surface area contributed by atoms with Gasteiger partial charge in [-0.2, -0.15) is 0 Å². The van der Waals surface area contributed by atoms with Crippen LogP contribution in [0.5, 0.6) is 0 Å². The summed E-state index contributed by atoms with van der Waals surface area (Å²) in [6.07, 6.45) is 0.661. The second-order valence-corrected chi connectivity index (χ2v) is 9.34. The number of carbonyl (C=O) groups is 3. The van der Waals surface area contributed by atoms with Gasteiger partial charge in [0.15, 0.2) is 0 Å². The van der Waals surface area contributed by atoms with Gasteiger partial charge in [-0.3, -0.25) is 14.8 Å². The van der Waals surface area contributed by atoms with E-state index in [1.165, 1.54) is 11.0 Å². The smallest absolute Gasteiger partial charge is 0.319 e. The van der Waals surface area contributed by atoms with Gasteiger partial charge in [-0.1, -0.05) is 57.8 Å². The standard InChI is InChI=1S/C20H30Cl2N4O4/c1-12(2)8-9-26(11-16(27)25-30)18(28)17(20(3,4)5)24-19(29)23-15-7-6-13(21)10-14(15)22/h6-7,10,12,17,30H,8-9,11H2,1-5H3,(H,25,27)(H2,23,24,29)/t17-/m1/s1. The molecular formula is C20H30Cl2N4O4. The van der Waals surface area contributed by atoms with Gasteiger partial charge in [0.1, 0.15) is 12.6 Å². The second-order valence-electron chi connectivity index (χ2n) is 8.50. The van der Waals surface area contributed by atoms with Crippen molar-refractivity contribution in [3.63, 3.8) is 0 Å². The molecule has 8 nitrogen and oxygen atoms in total. The van der Waals surface area contributed by atoms with Gasteiger partial charge in [0.2, 0.25) is 5.91 Å². The third kappa shape index (κ3) is 8.38. The predicted molar refractivity (Wildman–Crippen MR) is 118 cm³/mol. The molecule has 10 heteroatoms. The zero-order chi connectivity index (χ0) is 23.1. The van der Waals surface area contributed by atoms with Gasteiger partial charge in [0.25, 0.3) is 5.91 Å². The Balaban J connectivity index is 3.02. The molecule has 168 valence electrons. The number of hydrogen-bond acceptors (Lipinski definition) is 4. The molecule has 0 fully saturated rings. The van der Waals surface area contributed by atoms with Crippen LogP contribution in [-0.2, 0) is 9.59 Å². The SMILES string of the molecule is CC(C)CCN(CC(=O)NO)C(=O)[C@@H](NC(=O)Nc1ccc(Cl)cc1Cl)C(C)(C)C. The normalized spacial score (nSPS) is 12.3. The van der Waals surface area contributed by atoms with E-state index in [9.17, 15) is 14.4 Å². The van der Waals surface area contributed by atoms with E-state index < -0.39 is 29.3 Å². The van der Waals surface area contributed by atoms with Gasteiger partial charge in [0.05, 0.1) is 10.7 Å². The predicted octanol–water partition coefficient (Wildman–Crippen LogP) is 3.91. The summed E-state index contributed by atoms with van der Waals surface area (Å²) in [5.74, 6) is -0.838. The molecule has 0 saturated heterocycles. The highest BCUT2D eigenvalue weighted by molar-refractivity contribution is 6.36. The van der Waals surface area contributed by atoms with Crippen LogP contribution in [0.2, 0.25) is 10.0 Å². The van der Waals surface area contributed by atoms with Gasteiger partial charge < -0.3 is 15.5 Å². The zero-order valence-corrected chi connectivity index (χ0v) is 19.4. The minimum atomic E-state index is -0.928. The maximum atomic E-state index is 13.2. The Hall–Kier alpha value is -2.03. The van der Waals surface area contributed by atoms with Crippen LogP contribution < -0.4 is 16.1 Å². The summed E-state index contributed by atoms with van der Waals surface area (Å²) in [7, 11) is 0. The Labute approximate surface area is 187 Å². The van der Waals surface area contributed by atoms with Crippen LogP contribution in [-0.4, -0.2) is 47.1 Å². The number of amides is 4. The summed E-state index contributed by atoms with van der Waals surface area (Å²) in [6.45, 7) is 9.40. The zero-order valence-electron chi connectivity index (χ0n) is 17.9. The number of nitrogens with zero attached hydrogens (tertiary/aromatic N) is 1. The van der Waals surface area contributed by atoms with Crippen LogP contribution in [0.1, 0.15) is 41.0 Å². The number of nitrogens with one attached hydrogen (secondary N) is 3. The lowest BCUT2D eigenvalue weighted by molar-refractivity contribution is -0.142. The van der Waals surface area contributed by atoms with Crippen LogP contribution in [0.15, 0.2) is 18.2 Å². The van der Waals surface area contributed by atoms with Crippen LogP contribution >= 0.6 is 23.2 Å². The van der Waals surface area contributed by atoms with Crippen molar-refractivity contribution in [2.24, 2.45) is 11.3 Å². The van der Waals surface area contributed by atoms with E-state index in [2.05, 4.69) is 10.6 Å². The van der Waals surface area contributed by atoms with Crippen molar-refractivity contribution in [3.05, 3.63) is 28.2 Å². The molecule has 4 N–H and O–H groups in total. The summed E-state index contributed by atoms with van der Waals surface area (Å²) >= 11 is 12.0. The molecule has 4 amide bonds. The summed E-state index contributed by atoms with van der Waals surface area (Å²) in [6, 6.07) is 3.08. The highest BCUT2D eigenvalue weighted by atomic mass is 35.5. The van der Waals surface area contributed by atoms with Crippen LogP contribution in [0.25, 0.3) is 0 Å². The number of carbonyl (C=O) groups excluding carboxylic acids is 3. The van der Waals surface area contributed by atoms with Crippen molar-refractivity contribution >= 4 is 46.7 Å². The Kier molecular flexibility index (Phi) is 9.87. The number of benzene rings is 1. The van der Waals surface area contributed by atoms with Crippen molar-refractivity contribution in [1.29, 1.82) is 0 Å². The van der Waals surface area contributed by atoms with Gasteiger partial charge in [0, 0.05) is 11.6 Å². The summed E-state index contributed by atoms with van der Waals surface area (Å²) in [5, 5.41) is 14.8. The largest absolute Gasteiger partial charge is 0.331 e. The van der Waals surface area contributed by atoms with Gasteiger partial charge in [-0.15, -0.1) is 0 Å². The van der Waals surface area contributed by atoms with E-state index in [0.717, 1.165) is 0 Å². The first-order chi connectivity index (χ1) is 13.8. The molecule has 0 spiro atoms. The summed E-state index contributed by atoms with van der Waals surface area (Å²) in [4.78, 5) is 38.8. The Bertz CT molecular complexity index is 766. The number of hydrogen-bond donors (Lipinski definition) is 4. The number of rotatable bonds is 8. The Morgan fingerprint density at radius 2 is 1.80 bits per heavy atom. The van der Waals surface area contributed by atoms with Crippen molar-refractivity contribution < 1.29 is 19.6 Å². The van der Waals surface area contributed by atoms with E-state index >= 15 is 0 Å². The molecule has 0 aromatic heterocycles. The molecule has 0 bridgehead atoms. The van der Waals surface area contributed by atoms with Crippen molar-refractivity contribution in [3.8, 4) is 0 Å². The third-order valence-electron chi connectivity index (χ3n) is 4.31. The summed E-state index contributed by atoms with van der Waals surface area (Å²) in [5.41, 5.74) is 1.24. The Morgan fingerprint density at radius 3 is 2.30 bits per heavy atom. The summed E-state index contributed by atoms with van der Waals surface area (Å²) < 4.78 is 0. The number of halogens is 2. The maximum Gasteiger partial charge on any atom is 0.319 e. The number of hydroxylamine groups is 1. The molecule has 0 aliphatic carbocycles. The minimum Gasteiger partial charge on any atom is -0.331 e. The first kappa shape index (κ1) is 26.0. The molecule has 0 heterocycles. The van der Waals surface area contributed by atoms with E-state index in [-0.39, 0.29) is 11.6 Å². The van der Waals surface area contributed by atoms with Crippen LogP contribution in [0, 0.1) is 11.3 Å². The van der Waals surface area contributed by atoms with Crippen LogP contribution in [0.4, 0.5) is 10.5 Å². The molecule has 1 atom stereocenters. The average molecular weight is 461 g/mol. The average Bonchev–Trinajstić information content (AvgIpc) is 2.63. The van der Waals surface area contributed by atoms with Crippen molar-refractivity contribution in [1.82, 2.24) is 15.7 Å². The molecule has 1 aromatic rings. The fourth-order valence-electron chi connectivity index (χ4n) is 2.60. The quantitative estimate of drug-likeness (QED) is 0.348. The topological polar surface area (TPSA) is 111 Å². The van der Waals surface area contributed by atoms with Crippen molar-refractivity contribution in [2.45, 2.75) is 47.1 Å². The van der Waals surface area contributed by atoms with Gasteiger partial charge >= 0.3 is 6.03 Å². The molecule has 1 aromatic carbocycles. The first-order valence-electron chi connectivity index (χ1n) is 9.59. The minimum absolute atomic E-state index is 0.259. The molecule has 0 aliphatic heterocycles. The molecule has 0 radical (unpaired) electrons. The van der Waals surface area contributed by atoms with E-state index in [1.54, 1.807) is 38.4 Å². The Morgan fingerprint density at radius 1 is 1.17 bits per heavy atom. The van der Waals surface area contributed by atoms with E-state index in [4.69, 9.17) is 28.4 Å². The fourth-order valence-corrected chi connectivity index (χ4v) is 3.06. The van der Waals surface area contributed by atoms with E-state index in [0.29, 0.717) is 29.6 Å². The second kappa shape index (κ2) is 11.4. The highest BCUT2D eigenvalue weighted by Gasteiger charge is 2.36. The number of urea groups is 1. The van der Waals surface area contributed by atoms with Gasteiger partial charge in [-0.25, -0.2) is 10.3 Å². The van der Waals surface area contributed by atoms with Crippen molar-refractivity contribution in [2.75, 3.05) is 18.4 Å². The monoisotopic (exact) mass is 460 g/mol. The van der Waals surface area contributed by atoms with E-state index in [1.807, 2.05) is 13.8 Å². The lowest BCUT2D eigenvalue weighted by atomic mass is 9.85. The fraction of sp³-hybridized carbons (Fsp3) is 0.550. The molecular weight excluding hydrogens is 431 g/mol. The van der Waals surface area contributed by atoms with Crippen LogP contribution in [0.3, 0.4) is 0 Å². The molecule has 0 unspecified atom stereocenters. The maximum absolute atomic E-state index is 13.2. The first-order valence-corrected chi connectivity index (χ1v) is 10.3. The molecule has 30 heavy (non-hydrogen) atoms. The molecule has 0 aliphatic rings.